The van der Waals surface area contributed by atoms with Gasteiger partial charge in [-0.3, -0.25) is 4.79 Å². The molecule has 3 nitrogen and oxygen atoms in total. The summed E-state index contributed by atoms with van der Waals surface area (Å²) in [7, 11) is 1.68. The van der Waals surface area contributed by atoms with Gasteiger partial charge in [0.2, 0.25) is 5.91 Å². The monoisotopic (exact) mass is 327 g/mol. The lowest BCUT2D eigenvalue weighted by Crippen LogP contribution is -2.32. The van der Waals surface area contributed by atoms with E-state index in [1.54, 1.807) is 18.4 Å². The highest BCUT2D eigenvalue weighted by molar-refractivity contribution is 7.07. The summed E-state index contributed by atoms with van der Waals surface area (Å²) in [5.74, 6) is 1.77. The predicted molar refractivity (Wildman–Crippen MR) is 91.8 cm³/mol. The van der Waals surface area contributed by atoms with Crippen molar-refractivity contribution in [1.82, 2.24) is 4.90 Å². The van der Waals surface area contributed by atoms with E-state index in [1.165, 1.54) is 11.1 Å². The minimum atomic E-state index is 0.169. The fourth-order valence-corrected chi connectivity index (χ4v) is 4.45. The van der Waals surface area contributed by atoms with Crippen molar-refractivity contribution in [2.45, 2.75) is 31.2 Å². The fraction of sp³-hybridized carbons (Fsp3) is 0.421. The van der Waals surface area contributed by atoms with Crippen LogP contribution in [0.4, 0.5) is 0 Å². The van der Waals surface area contributed by atoms with Crippen molar-refractivity contribution in [2.24, 2.45) is 5.92 Å². The molecular weight excluding hydrogens is 306 g/mol. The largest absolute Gasteiger partial charge is 0.497 e. The number of likely N-dealkylation sites (tertiary alicyclic amines) is 1. The molecule has 120 valence electrons. The predicted octanol–water partition coefficient (Wildman–Crippen LogP) is 4.22. The average molecular weight is 327 g/mol. The summed E-state index contributed by atoms with van der Waals surface area (Å²) >= 11 is 1.72. The maximum absolute atomic E-state index is 12.9. The molecule has 2 aromatic rings. The third-order valence-electron chi connectivity index (χ3n) is 5.12. The van der Waals surface area contributed by atoms with Crippen LogP contribution in [0, 0.1) is 5.92 Å². The number of hydrogen-bond donors (Lipinski definition) is 0. The molecule has 4 rings (SSSR count). The Morgan fingerprint density at radius 3 is 2.74 bits per heavy atom. The molecule has 1 amide bonds. The molecule has 2 fully saturated rings. The van der Waals surface area contributed by atoms with Crippen molar-refractivity contribution < 1.29 is 9.53 Å². The highest BCUT2D eigenvalue weighted by atomic mass is 32.1. The maximum atomic E-state index is 12.9. The van der Waals surface area contributed by atoms with Gasteiger partial charge in [0.25, 0.3) is 0 Å². The van der Waals surface area contributed by atoms with Crippen LogP contribution in [-0.2, 0) is 4.79 Å². The molecule has 1 aromatic carbocycles. The normalized spacial score (nSPS) is 26.3. The van der Waals surface area contributed by atoms with Gasteiger partial charge in [-0.05, 0) is 65.3 Å². The first kappa shape index (κ1) is 14.8. The summed E-state index contributed by atoms with van der Waals surface area (Å²) in [6, 6.07) is 10.6. The average Bonchev–Trinajstić information content (AvgIpc) is 3.00. The second-order valence-corrected chi connectivity index (χ2v) is 7.25. The van der Waals surface area contributed by atoms with Crippen LogP contribution in [0.2, 0.25) is 0 Å². The topological polar surface area (TPSA) is 29.5 Å². The maximum Gasteiger partial charge on any atom is 0.226 e. The quantitative estimate of drug-likeness (QED) is 0.841. The SMILES string of the molecule is COc1ccc([C@@H]2C[C@H]2C(=O)N2CCC[C@@H]2c2ccsc2)cc1. The number of benzene rings is 1. The molecule has 4 heteroatoms. The Balaban J connectivity index is 1.45. The van der Waals surface area contributed by atoms with Crippen molar-refractivity contribution in [3.05, 3.63) is 52.2 Å². The Hall–Kier alpha value is -1.81. The number of methoxy groups -OCH3 is 1. The van der Waals surface area contributed by atoms with E-state index in [9.17, 15) is 4.79 Å². The third-order valence-corrected chi connectivity index (χ3v) is 5.82. The summed E-state index contributed by atoms with van der Waals surface area (Å²) in [6.07, 6.45) is 3.20. The number of rotatable bonds is 4. The number of thiophene rings is 1. The van der Waals surface area contributed by atoms with Crippen LogP contribution in [-0.4, -0.2) is 24.5 Å². The first-order chi connectivity index (χ1) is 11.3. The van der Waals surface area contributed by atoms with E-state index >= 15 is 0 Å². The first-order valence-electron chi connectivity index (χ1n) is 8.24. The van der Waals surface area contributed by atoms with Crippen LogP contribution >= 0.6 is 11.3 Å². The lowest BCUT2D eigenvalue weighted by atomic mass is 10.1. The van der Waals surface area contributed by atoms with Crippen molar-refractivity contribution in [3.63, 3.8) is 0 Å². The Morgan fingerprint density at radius 2 is 2.04 bits per heavy atom. The zero-order chi connectivity index (χ0) is 15.8. The molecule has 1 aromatic heterocycles. The van der Waals surface area contributed by atoms with Crippen LogP contribution in [0.3, 0.4) is 0 Å². The van der Waals surface area contributed by atoms with Gasteiger partial charge in [0.05, 0.1) is 13.2 Å². The van der Waals surface area contributed by atoms with Crippen LogP contribution in [0.1, 0.15) is 42.3 Å². The lowest BCUT2D eigenvalue weighted by molar-refractivity contribution is -0.133. The summed E-state index contributed by atoms with van der Waals surface area (Å²) in [4.78, 5) is 15.0. The molecule has 2 aliphatic rings. The second-order valence-electron chi connectivity index (χ2n) is 6.47. The molecule has 1 saturated carbocycles. The third kappa shape index (κ3) is 2.76. The Bertz CT molecular complexity index is 680. The Labute approximate surface area is 140 Å². The summed E-state index contributed by atoms with van der Waals surface area (Å²) < 4.78 is 5.21. The van der Waals surface area contributed by atoms with Gasteiger partial charge < -0.3 is 9.64 Å². The number of hydrogen-bond acceptors (Lipinski definition) is 3. The number of ether oxygens (including phenoxy) is 1. The molecule has 23 heavy (non-hydrogen) atoms. The molecule has 1 aliphatic heterocycles. The van der Waals surface area contributed by atoms with E-state index in [-0.39, 0.29) is 5.92 Å². The minimum absolute atomic E-state index is 0.169. The fourth-order valence-electron chi connectivity index (χ4n) is 3.74. The van der Waals surface area contributed by atoms with Crippen molar-refractivity contribution in [1.29, 1.82) is 0 Å². The Kier molecular flexibility index (Phi) is 3.85. The molecular formula is C19H21NO2S. The molecule has 0 radical (unpaired) electrons. The molecule has 0 bridgehead atoms. The smallest absolute Gasteiger partial charge is 0.226 e. The Morgan fingerprint density at radius 1 is 1.22 bits per heavy atom. The van der Waals surface area contributed by atoms with Crippen molar-refractivity contribution in [2.75, 3.05) is 13.7 Å². The van der Waals surface area contributed by atoms with Gasteiger partial charge in [-0.15, -0.1) is 0 Å². The van der Waals surface area contributed by atoms with Gasteiger partial charge in [-0.1, -0.05) is 12.1 Å². The van der Waals surface area contributed by atoms with E-state index in [4.69, 9.17) is 4.74 Å². The van der Waals surface area contributed by atoms with Gasteiger partial charge in [0.15, 0.2) is 0 Å². The molecule has 1 saturated heterocycles. The van der Waals surface area contributed by atoms with E-state index in [1.807, 2.05) is 12.1 Å². The van der Waals surface area contributed by atoms with E-state index in [0.717, 1.165) is 31.6 Å². The number of nitrogens with zero attached hydrogens (tertiary/aromatic N) is 1. The van der Waals surface area contributed by atoms with Crippen molar-refractivity contribution >= 4 is 17.2 Å². The van der Waals surface area contributed by atoms with Gasteiger partial charge in [-0.2, -0.15) is 11.3 Å². The highest BCUT2D eigenvalue weighted by Crippen LogP contribution is 2.50. The van der Waals surface area contributed by atoms with Crippen LogP contribution < -0.4 is 4.74 Å². The molecule has 0 N–H and O–H groups in total. The second kappa shape index (κ2) is 6.00. The van der Waals surface area contributed by atoms with E-state index in [2.05, 4.69) is 33.9 Å². The minimum Gasteiger partial charge on any atom is -0.497 e. The number of carbonyl (C=O) groups is 1. The van der Waals surface area contributed by atoms with Crippen LogP contribution in [0.25, 0.3) is 0 Å². The van der Waals surface area contributed by atoms with E-state index < -0.39 is 0 Å². The first-order valence-corrected chi connectivity index (χ1v) is 9.18. The van der Waals surface area contributed by atoms with Gasteiger partial charge in [0.1, 0.15) is 5.75 Å². The highest BCUT2D eigenvalue weighted by Gasteiger charge is 2.47. The summed E-state index contributed by atoms with van der Waals surface area (Å²) in [5, 5.41) is 4.29. The molecule has 3 atom stereocenters. The van der Waals surface area contributed by atoms with Crippen LogP contribution in [0.5, 0.6) is 5.75 Å². The van der Waals surface area contributed by atoms with Gasteiger partial charge in [-0.25, -0.2) is 0 Å². The molecule has 2 heterocycles. The van der Waals surface area contributed by atoms with Gasteiger partial charge >= 0.3 is 0 Å². The van der Waals surface area contributed by atoms with Crippen molar-refractivity contribution in [3.8, 4) is 5.75 Å². The molecule has 0 spiro atoms. The molecule has 0 unspecified atom stereocenters. The number of carbonyl (C=O) groups excluding carboxylic acids is 1. The van der Waals surface area contributed by atoms with Gasteiger partial charge in [0, 0.05) is 12.5 Å². The lowest BCUT2D eigenvalue weighted by Gasteiger charge is -2.24. The summed E-state index contributed by atoms with van der Waals surface area (Å²) in [6.45, 7) is 0.908. The zero-order valence-electron chi connectivity index (χ0n) is 13.3. The number of amides is 1. The summed E-state index contributed by atoms with van der Waals surface area (Å²) in [5.41, 5.74) is 2.57. The van der Waals surface area contributed by atoms with E-state index in [0.29, 0.717) is 17.9 Å². The standard InChI is InChI=1S/C19H21NO2S/c1-22-15-6-4-13(5-7-15)16-11-17(16)19(21)20-9-2-3-18(20)14-8-10-23-12-14/h4-8,10,12,16-18H,2-3,9,11H2,1H3/t16-,17+,18+/m0/s1. The van der Waals surface area contributed by atoms with Crippen LogP contribution in [0.15, 0.2) is 41.1 Å². The zero-order valence-corrected chi connectivity index (χ0v) is 14.1. The molecule has 1 aliphatic carbocycles.